The summed E-state index contributed by atoms with van der Waals surface area (Å²) < 4.78 is 41.3. The first-order valence-corrected chi connectivity index (χ1v) is 13.1. The van der Waals surface area contributed by atoms with E-state index in [2.05, 4.69) is 0 Å². The second-order valence-electron chi connectivity index (χ2n) is 10.00. The molecule has 2 aliphatic rings. The van der Waals surface area contributed by atoms with E-state index in [4.69, 9.17) is 23.2 Å². The number of piperazine rings is 1. The van der Waals surface area contributed by atoms with Gasteiger partial charge >= 0.3 is 12.1 Å². The summed E-state index contributed by atoms with van der Waals surface area (Å²) in [6.45, 7) is 1.69. The van der Waals surface area contributed by atoms with E-state index in [0.717, 1.165) is 18.6 Å². The van der Waals surface area contributed by atoms with Crippen LogP contribution in [0.15, 0.2) is 36.4 Å². The highest BCUT2D eigenvalue weighted by Crippen LogP contribution is 2.39. The number of aryl methyl sites for hydroxylation is 1. The molecule has 3 aromatic rings. The first-order valence-electron chi connectivity index (χ1n) is 12.3. The highest BCUT2D eigenvalue weighted by molar-refractivity contribution is 6.38. The van der Waals surface area contributed by atoms with Gasteiger partial charge in [-0.1, -0.05) is 29.3 Å². The molecule has 0 unspecified atom stereocenters. The molecule has 0 radical (unpaired) electrons. The Hall–Kier alpha value is -2.75. The molecule has 5 rings (SSSR count). The van der Waals surface area contributed by atoms with Crippen molar-refractivity contribution in [3.63, 3.8) is 0 Å². The first kappa shape index (κ1) is 26.8. The van der Waals surface area contributed by atoms with Crippen molar-refractivity contribution >= 4 is 46.0 Å². The number of hydrogen-bond acceptors (Lipinski definition) is 3. The maximum Gasteiger partial charge on any atom is 0.416 e. The topological polar surface area (TPSA) is 65.8 Å². The quantitative estimate of drug-likeness (QED) is 0.419. The molecule has 2 heterocycles. The monoisotopic (exact) mass is 567 g/mol. The Kier molecular flexibility index (Phi) is 6.90. The number of fused-ring (bicyclic) bond motifs is 1. The second kappa shape index (κ2) is 9.77. The zero-order chi connectivity index (χ0) is 27.4. The van der Waals surface area contributed by atoms with Crippen molar-refractivity contribution in [2.24, 2.45) is 7.05 Å². The number of carbonyl (C=O) groups excluding carboxylic acids is 1. The molecule has 2 fully saturated rings. The first-order chi connectivity index (χ1) is 17.9. The Bertz CT molecular complexity index is 1420. The fraction of sp³-hybridized carbons (Fsp3) is 0.407. The molecule has 0 atom stereocenters. The van der Waals surface area contributed by atoms with E-state index in [1.807, 2.05) is 4.90 Å². The molecule has 1 aliphatic heterocycles. The number of carbonyl (C=O) groups is 2. The summed E-state index contributed by atoms with van der Waals surface area (Å²) >= 11 is 13.2. The lowest BCUT2D eigenvalue weighted by Crippen LogP contribution is -2.64. The number of alkyl halides is 3. The van der Waals surface area contributed by atoms with Crippen LogP contribution in [0.5, 0.6) is 0 Å². The molecule has 202 valence electrons. The molecule has 0 spiro atoms. The highest BCUT2D eigenvalue weighted by atomic mass is 35.5. The molecule has 0 bridgehead atoms. The van der Waals surface area contributed by atoms with Crippen molar-refractivity contribution in [1.29, 1.82) is 0 Å². The molecular weight excluding hydrogens is 542 g/mol. The van der Waals surface area contributed by atoms with Crippen LogP contribution in [-0.2, 0) is 24.4 Å². The molecule has 1 saturated carbocycles. The summed E-state index contributed by atoms with van der Waals surface area (Å²) in [4.78, 5) is 28.9. The molecule has 11 heteroatoms. The third-order valence-corrected chi connectivity index (χ3v) is 8.78. The number of halogens is 5. The summed E-state index contributed by atoms with van der Waals surface area (Å²) in [5, 5.41) is 10.9. The fourth-order valence-electron chi connectivity index (χ4n) is 5.52. The standard InChI is InChI=1S/C27H26Cl2F3N3O3/c1-33-18(13-16-3-4-17(14-22(16)33)27(30,31)32)15-20-21(28)6-5-19(23(20)29)24(36)34-9-11-35(12-10-34)26(25(37)38)7-2-8-26/h3-6,13-14H,2,7-12,15H2,1H3,(H,37,38). The third-order valence-electron chi connectivity index (χ3n) is 8.00. The van der Waals surface area contributed by atoms with Gasteiger partial charge in [-0.2, -0.15) is 13.2 Å². The molecule has 2 aromatic carbocycles. The number of aliphatic carboxylic acids is 1. The van der Waals surface area contributed by atoms with E-state index in [0.29, 0.717) is 66.2 Å². The van der Waals surface area contributed by atoms with Crippen LogP contribution in [0.25, 0.3) is 10.9 Å². The Morgan fingerprint density at radius 2 is 1.71 bits per heavy atom. The van der Waals surface area contributed by atoms with Crippen molar-refractivity contribution in [2.75, 3.05) is 26.2 Å². The maximum atomic E-state index is 13.4. The molecule has 38 heavy (non-hydrogen) atoms. The van der Waals surface area contributed by atoms with E-state index < -0.39 is 23.2 Å². The van der Waals surface area contributed by atoms with Crippen molar-refractivity contribution in [3.05, 3.63) is 68.8 Å². The third kappa shape index (κ3) is 4.54. The van der Waals surface area contributed by atoms with Crippen molar-refractivity contribution in [2.45, 2.75) is 37.4 Å². The zero-order valence-corrected chi connectivity index (χ0v) is 22.1. The highest BCUT2D eigenvalue weighted by Gasteiger charge is 2.50. The normalized spacial score (nSPS) is 18.0. The number of hydrogen-bond donors (Lipinski definition) is 1. The molecule has 6 nitrogen and oxygen atoms in total. The Balaban J connectivity index is 1.37. The predicted molar refractivity (Wildman–Crippen MR) is 139 cm³/mol. The Labute approximate surface area is 227 Å². The molecule has 1 N–H and O–H groups in total. The van der Waals surface area contributed by atoms with Gasteiger partial charge < -0.3 is 14.6 Å². The number of carboxylic acid groups (broad SMARTS) is 1. The van der Waals surface area contributed by atoms with E-state index in [9.17, 15) is 27.9 Å². The van der Waals surface area contributed by atoms with E-state index >= 15 is 0 Å². The lowest BCUT2D eigenvalue weighted by molar-refractivity contribution is -0.160. The number of amides is 1. The van der Waals surface area contributed by atoms with Crippen LogP contribution in [0.1, 0.15) is 46.4 Å². The Morgan fingerprint density at radius 3 is 2.29 bits per heavy atom. The van der Waals surface area contributed by atoms with Gasteiger partial charge in [-0.25, -0.2) is 0 Å². The fourth-order valence-corrected chi connectivity index (χ4v) is 6.11. The summed E-state index contributed by atoms with van der Waals surface area (Å²) in [5.74, 6) is -1.07. The smallest absolute Gasteiger partial charge is 0.416 e. The van der Waals surface area contributed by atoms with Crippen molar-refractivity contribution in [3.8, 4) is 0 Å². The lowest BCUT2D eigenvalue weighted by atomic mass is 9.75. The van der Waals surface area contributed by atoms with Gasteiger partial charge in [0.2, 0.25) is 0 Å². The Morgan fingerprint density at radius 1 is 1.03 bits per heavy atom. The minimum atomic E-state index is -4.45. The van der Waals surface area contributed by atoms with Crippen LogP contribution in [0.4, 0.5) is 13.2 Å². The summed E-state index contributed by atoms with van der Waals surface area (Å²) in [6.07, 6.45) is -2.10. The van der Waals surface area contributed by atoms with Crippen molar-refractivity contribution < 1.29 is 27.9 Å². The van der Waals surface area contributed by atoms with Gasteiger partial charge in [-0.15, -0.1) is 0 Å². The van der Waals surface area contributed by atoms with E-state index in [1.165, 1.54) is 6.07 Å². The number of aromatic nitrogens is 1. The molecule has 1 saturated heterocycles. The number of nitrogens with zero attached hydrogens (tertiary/aromatic N) is 3. The average molecular weight is 568 g/mol. The van der Waals surface area contributed by atoms with Crippen LogP contribution in [-0.4, -0.2) is 63.1 Å². The van der Waals surface area contributed by atoms with E-state index in [-0.39, 0.29) is 22.9 Å². The summed E-state index contributed by atoms with van der Waals surface area (Å²) in [6, 6.07) is 8.56. The van der Waals surface area contributed by atoms with Gasteiger partial charge in [-0.3, -0.25) is 14.5 Å². The van der Waals surface area contributed by atoms with Crippen LogP contribution in [0.3, 0.4) is 0 Å². The molecule has 1 amide bonds. The van der Waals surface area contributed by atoms with Crippen LogP contribution in [0.2, 0.25) is 10.0 Å². The van der Waals surface area contributed by atoms with Crippen LogP contribution < -0.4 is 0 Å². The summed E-state index contributed by atoms with van der Waals surface area (Å²) in [5.41, 5.74) is 0.375. The number of rotatable bonds is 5. The SMILES string of the molecule is Cn1c(Cc2c(Cl)ccc(C(=O)N3CCN(C4(C(=O)O)CCC4)CC3)c2Cl)cc2ccc(C(F)(F)F)cc21. The van der Waals surface area contributed by atoms with Gasteiger partial charge in [0.1, 0.15) is 5.54 Å². The minimum Gasteiger partial charge on any atom is -0.480 e. The number of carboxylic acids is 1. The predicted octanol–water partition coefficient (Wildman–Crippen LogP) is 5.86. The van der Waals surface area contributed by atoms with Crippen LogP contribution >= 0.6 is 23.2 Å². The maximum absolute atomic E-state index is 13.4. The largest absolute Gasteiger partial charge is 0.480 e. The van der Waals surface area contributed by atoms with Gasteiger partial charge in [0, 0.05) is 55.9 Å². The minimum absolute atomic E-state index is 0.201. The second-order valence-corrected chi connectivity index (χ2v) is 10.8. The number of benzene rings is 2. The van der Waals surface area contributed by atoms with Crippen molar-refractivity contribution in [1.82, 2.24) is 14.4 Å². The molecule has 1 aliphatic carbocycles. The lowest BCUT2D eigenvalue weighted by Gasteiger charge is -2.49. The van der Waals surface area contributed by atoms with Gasteiger partial charge in [-0.05, 0) is 60.5 Å². The zero-order valence-electron chi connectivity index (χ0n) is 20.6. The molecule has 1 aromatic heterocycles. The van der Waals surface area contributed by atoms with Gasteiger partial charge in [0.15, 0.2) is 0 Å². The van der Waals surface area contributed by atoms with Crippen LogP contribution in [0, 0.1) is 0 Å². The average Bonchev–Trinajstić information content (AvgIpc) is 3.15. The van der Waals surface area contributed by atoms with Gasteiger partial charge in [0.05, 0.1) is 16.1 Å². The van der Waals surface area contributed by atoms with E-state index in [1.54, 1.807) is 34.7 Å². The molecular formula is C27H26Cl2F3N3O3. The van der Waals surface area contributed by atoms with Gasteiger partial charge in [0.25, 0.3) is 5.91 Å². The summed E-state index contributed by atoms with van der Waals surface area (Å²) in [7, 11) is 1.68.